The number of anilines is 1. The molecule has 170 valence electrons. The highest BCUT2D eigenvalue weighted by molar-refractivity contribution is 5.77. The maximum atomic E-state index is 12.5. The molecule has 0 aliphatic rings. The van der Waals surface area contributed by atoms with Crippen LogP contribution in [0.5, 0.6) is 0 Å². The summed E-state index contributed by atoms with van der Waals surface area (Å²) < 4.78 is 3.24. The molecule has 0 fully saturated rings. The first-order chi connectivity index (χ1) is 15.9. The number of hydrogen-bond acceptors (Lipinski definition) is 7. The van der Waals surface area contributed by atoms with Crippen LogP contribution in [-0.4, -0.2) is 48.5 Å². The molecule has 0 atom stereocenters. The summed E-state index contributed by atoms with van der Waals surface area (Å²) >= 11 is 0. The Kier molecular flexibility index (Phi) is 6.43. The van der Waals surface area contributed by atoms with E-state index < -0.39 is 0 Å². The van der Waals surface area contributed by atoms with Crippen LogP contribution in [0.1, 0.15) is 23.4 Å². The van der Waals surface area contributed by atoms with E-state index in [1.807, 2.05) is 39.0 Å². The van der Waals surface area contributed by atoms with Gasteiger partial charge in [0, 0.05) is 31.7 Å². The summed E-state index contributed by atoms with van der Waals surface area (Å²) in [6.07, 6.45) is 1.67. The van der Waals surface area contributed by atoms with E-state index in [4.69, 9.17) is 0 Å². The number of hydrogen-bond donors (Lipinski definition) is 2. The predicted molar refractivity (Wildman–Crippen MR) is 125 cm³/mol. The molecule has 4 aromatic rings. The van der Waals surface area contributed by atoms with Crippen LogP contribution in [0.2, 0.25) is 0 Å². The minimum atomic E-state index is -0.146. The van der Waals surface area contributed by atoms with Gasteiger partial charge in [-0.25, -0.2) is 9.67 Å². The van der Waals surface area contributed by atoms with Crippen molar-refractivity contribution in [3.63, 3.8) is 0 Å². The number of carbonyl (C=O) groups excluding carboxylic acids is 1. The molecule has 0 unspecified atom stereocenters. The number of aryl methyl sites for hydroxylation is 2. The maximum Gasteiger partial charge on any atom is 0.261 e. The highest BCUT2D eigenvalue weighted by atomic mass is 16.1. The minimum Gasteiger partial charge on any atom is -0.367 e. The van der Waals surface area contributed by atoms with E-state index in [9.17, 15) is 9.59 Å². The second kappa shape index (κ2) is 9.60. The first-order valence-electron chi connectivity index (χ1n) is 10.8. The minimum absolute atomic E-state index is 0.141. The van der Waals surface area contributed by atoms with Gasteiger partial charge < -0.3 is 10.6 Å². The second-order valence-corrected chi connectivity index (χ2v) is 7.77. The maximum absolute atomic E-state index is 12.5. The van der Waals surface area contributed by atoms with Crippen LogP contribution in [0.25, 0.3) is 16.7 Å². The molecule has 1 amide bonds. The summed E-state index contributed by atoms with van der Waals surface area (Å²) in [6, 6.07) is 10.8. The standard InChI is InChI=1S/C23H26N8O2/c1-15-16(2)29-31(17(15)3)21-9-8-20(27-28-21)24-11-12-25-22(32)10-13-30-14-26-19-7-5-4-6-18(19)23(30)33/h4-9,14H,10-13H2,1-3H3,(H,24,27)(H,25,32). The van der Waals surface area contributed by atoms with Crippen molar-refractivity contribution in [1.82, 2.24) is 34.8 Å². The fraction of sp³-hybridized carbons (Fsp3) is 0.304. The highest BCUT2D eigenvalue weighted by Gasteiger charge is 2.10. The SMILES string of the molecule is Cc1nn(-c2ccc(NCCNC(=O)CCn3cnc4ccccc4c3=O)nn2)c(C)c1C. The van der Waals surface area contributed by atoms with Crippen LogP contribution < -0.4 is 16.2 Å². The molecule has 0 radical (unpaired) electrons. The van der Waals surface area contributed by atoms with Crippen LogP contribution in [0.3, 0.4) is 0 Å². The van der Waals surface area contributed by atoms with Gasteiger partial charge in [0.25, 0.3) is 5.56 Å². The summed E-state index contributed by atoms with van der Waals surface area (Å²) in [6.45, 7) is 7.18. The number of amides is 1. The van der Waals surface area contributed by atoms with Crippen LogP contribution >= 0.6 is 0 Å². The lowest BCUT2D eigenvalue weighted by atomic mass is 10.2. The zero-order chi connectivity index (χ0) is 23.4. The second-order valence-electron chi connectivity index (χ2n) is 7.77. The Labute approximate surface area is 190 Å². The summed E-state index contributed by atoms with van der Waals surface area (Å²) in [5.41, 5.74) is 3.64. The lowest BCUT2D eigenvalue weighted by molar-refractivity contribution is -0.121. The Balaban J connectivity index is 1.23. The summed E-state index contributed by atoms with van der Waals surface area (Å²) in [7, 11) is 0. The number of para-hydroxylation sites is 1. The molecule has 10 heteroatoms. The fourth-order valence-electron chi connectivity index (χ4n) is 3.44. The van der Waals surface area contributed by atoms with Crippen LogP contribution in [-0.2, 0) is 11.3 Å². The van der Waals surface area contributed by atoms with Crippen LogP contribution in [0.15, 0.2) is 47.5 Å². The summed E-state index contributed by atoms with van der Waals surface area (Å²) in [4.78, 5) is 28.9. The largest absolute Gasteiger partial charge is 0.367 e. The Morgan fingerprint density at radius 3 is 2.58 bits per heavy atom. The van der Waals surface area contributed by atoms with E-state index in [0.717, 1.165) is 17.0 Å². The molecule has 33 heavy (non-hydrogen) atoms. The van der Waals surface area contributed by atoms with Crippen molar-refractivity contribution < 1.29 is 4.79 Å². The first kappa shape index (κ1) is 22.1. The van der Waals surface area contributed by atoms with Crippen molar-refractivity contribution in [3.8, 4) is 5.82 Å². The van der Waals surface area contributed by atoms with Gasteiger partial charge in [0.1, 0.15) is 5.82 Å². The number of benzene rings is 1. The third-order valence-corrected chi connectivity index (χ3v) is 5.59. The third-order valence-electron chi connectivity index (χ3n) is 5.59. The van der Waals surface area contributed by atoms with Gasteiger partial charge >= 0.3 is 0 Å². The van der Waals surface area contributed by atoms with Crippen LogP contribution in [0.4, 0.5) is 5.82 Å². The molecule has 3 heterocycles. The average molecular weight is 447 g/mol. The molecule has 0 saturated heterocycles. The van der Waals surface area contributed by atoms with Gasteiger partial charge in [0.05, 0.1) is 22.9 Å². The average Bonchev–Trinajstić information content (AvgIpc) is 3.09. The zero-order valence-corrected chi connectivity index (χ0v) is 18.9. The van der Waals surface area contributed by atoms with Gasteiger partial charge in [0.15, 0.2) is 5.82 Å². The number of aromatic nitrogens is 6. The predicted octanol–water partition coefficient (Wildman–Crippen LogP) is 1.92. The van der Waals surface area contributed by atoms with Crippen molar-refractivity contribution in [1.29, 1.82) is 0 Å². The Hall–Kier alpha value is -4.08. The molecule has 0 saturated carbocycles. The van der Waals surface area contributed by atoms with Gasteiger partial charge in [0.2, 0.25) is 5.91 Å². The van der Waals surface area contributed by atoms with Crippen molar-refractivity contribution in [3.05, 3.63) is 70.0 Å². The van der Waals surface area contributed by atoms with E-state index in [-0.39, 0.29) is 24.4 Å². The fourth-order valence-corrected chi connectivity index (χ4v) is 3.44. The molecular formula is C23H26N8O2. The molecule has 1 aromatic carbocycles. The topological polar surface area (TPSA) is 120 Å². The summed E-state index contributed by atoms with van der Waals surface area (Å²) in [5, 5.41) is 19.4. The van der Waals surface area contributed by atoms with E-state index in [2.05, 4.69) is 30.9 Å². The molecule has 0 spiro atoms. The van der Waals surface area contributed by atoms with Gasteiger partial charge in [-0.1, -0.05) is 12.1 Å². The van der Waals surface area contributed by atoms with E-state index in [0.29, 0.717) is 35.6 Å². The van der Waals surface area contributed by atoms with Gasteiger partial charge in [-0.05, 0) is 50.6 Å². The Bertz CT molecular complexity index is 1340. The van der Waals surface area contributed by atoms with Crippen LogP contribution in [0, 0.1) is 20.8 Å². The van der Waals surface area contributed by atoms with E-state index in [1.165, 1.54) is 10.9 Å². The number of carbonyl (C=O) groups is 1. The molecule has 2 N–H and O–H groups in total. The normalized spacial score (nSPS) is 11.0. The van der Waals surface area contributed by atoms with Crippen molar-refractivity contribution in [2.75, 3.05) is 18.4 Å². The number of nitrogens with one attached hydrogen (secondary N) is 2. The lowest BCUT2D eigenvalue weighted by Crippen LogP contribution is -2.31. The molecule has 10 nitrogen and oxygen atoms in total. The molecule has 4 rings (SSSR count). The van der Waals surface area contributed by atoms with Crippen molar-refractivity contribution >= 4 is 22.6 Å². The zero-order valence-electron chi connectivity index (χ0n) is 18.9. The summed E-state index contributed by atoms with van der Waals surface area (Å²) in [5.74, 6) is 1.12. The molecule has 0 aliphatic carbocycles. The van der Waals surface area contributed by atoms with E-state index >= 15 is 0 Å². The monoisotopic (exact) mass is 446 g/mol. The smallest absolute Gasteiger partial charge is 0.261 e. The molecule has 0 bridgehead atoms. The van der Waals surface area contributed by atoms with Crippen molar-refractivity contribution in [2.24, 2.45) is 0 Å². The van der Waals surface area contributed by atoms with Gasteiger partial charge in [-0.15, -0.1) is 10.2 Å². The highest BCUT2D eigenvalue weighted by Crippen LogP contribution is 2.15. The number of rotatable bonds is 8. The lowest BCUT2D eigenvalue weighted by Gasteiger charge is -2.09. The Morgan fingerprint density at radius 1 is 1.03 bits per heavy atom. The van der Waals surface area contributed by atoms with Gasteiger partial charge in [-0.2, -0.15) is 5.10 Å². The van der Waals surface area contributed by atoms with Gasteiger partial charge in [-0.3, -0.25) is 14.2 Å². The Morgan fingerprint density at radius 2 is 1.85 bits per heavy atom. The first-order valence-corrected chi connectivity index (χ1v) is 10.8. The van der Waals surface area contributed by atoms with E-state index in [1.54, 1.807) is 22.9 Å². The van der Waals surface area contributed by atoms with Crippen molar-refractivity contribution in [2.45, 2.75) is 33.7 Å². The number of nitrogens with zero attached hydrogens (tertiary/aromatic N) is 6. The molecule has 0 aliphatic heterocycles. The quantitative estimate of drug-likeness (QED) is 0.397. The number of fused-ring (bicyclic) bond motifs is 1. The molecule has 3 aromatic heterocycles. The third kappa shape index (κ3) is 4.89. The molecular weight excluding hydrogens is 420 g/mol.